The Morgan fingerprint density at radius 2 is 1.52 bits per heavy atom. The second-order valence-electron chi connectivity index (χ2n) is 7.47. The molecule has 0 saturated heterocycles. The number of aliphatic hydroxyl groups excluding tert-OH is 2. The van der Waals surface area contributed by atoms with Crippen molar-refractivity contribution in [1.29, 1.82) is 0 Å². The fraction of sp³-hybridized carbons (Fsp3) is 0.125. The van der Waals surface area contributed by atoms with E-state index in [1.807, 2.05) is 43.3 Å². The van der Waals surface area contributed by atoms with Gasteiger partial charge in [-0.2, -0.15) is 0 Å². The van der Waals surface area contributed by atoms with E-state index in [4.69, 9.17) is 4.74 Å². The third-order valence-electron chi connectivity index (χ3n) is 5.47. The smallest absolute Gasteiger partial charge is 0.378 e. The van der Waals surface area contributed by atoms with Crippen molar-refractivity contribution < 1.29 is 24.7 Å². The van der Waals surface area contributed by atoms with Crippen molar-refractivity contribution in [2.75, 3.05) is 0 Å². The molecule has 0 bridgehead atoms. The van der Waals surface area contributed by atoms with Gasteiger partial charge in [0.25, 0.3) is 5.69 Å². The standard InChI is InChI=1S/C24H19NO6/c1-14-3-5-16(6-4-14)17-7-12-20(15(2)13-17)24(22(27)21(26)23(28)31-24)18-8-10-19(11-9-18)25(29)30/h3-13,26-27H,1-2H3. The summed E-state index contributed by atoms with van der Waals surface area (Å²) in [5.74, 6) is -2.62. The zero-order valence-corrected chi connectivity index (χ0v) is 16.8. The lowest BCUT2D eigenvalue weighted by Crippen LogP contribution is -2.32. The first-order valence-electron chi connectivity index (χ1n) is 9.53. The number of esters is 1. The number of rotatable bonds is 4. The number of non-ortho nitro benzene ring substituents is 1. The van der Waals surface area contributed by atoms with Crippen LogP contribution in [0.1, 0.15) is 22.3 Å². The lowest BCUT2D eigenvalue weighted by atomic mass is 9.81. The van der Waals surface area contributed by atoms with Gasteiger partial charge in [-0.25, -0.2) is 4.79 Å². The third kappa shape index (κ3) is 3.20. The Hall–Kier alpha value is -4.13. The van der Waals surface area contributed by atoms with Gasteiger partial charge in [-0.05, 0) is 42.7 Å². The van der Waals surface area contributed by atoms with Gasteiger partial charge < -0.3 is 14.9 Å². The van der Waals surface area contributed by atoms with Gasteiger partial charge in [0.1, 0.15) is 0 Å². The number of benzene rings is 3. The molecule has 156 valence electrons. The first-order valence-corrected chi connectivity index (χ1v) is 9.53. The number of aryl methyl sites for hydroxylation is 2. The molecule has 0 saturated carbocycles. The van der Waals surface area contributed by atoms with Crippen LogP contribution < -0.4 is 0 Å². The second kappa shape index (κ2) is 7.28. The van der Waals surface area contributed by atoms with Gasteiger partial charge in [0.2, 0.25) is 11.4 Å². The van der Waals surface area contributed by atoms with E-state index >= 15 is 0 Å². The van der Waals surface area contributed by atoms with Gasteiger partial charge in [0, 0.05) is 23.3 Å². The van der Waals surface area contributed by atoms with E-state index in [0.717, 1.165) is 16.7 Å². The summed E-state index contributed by atoms with van der Waals surface area (Å²) in [6, 6.07) is 18.7. The average molecular weight is 417 g/mol. The summed E-state index contributed by atoms with van der Waals surface area (Å²) in [6.45, 7) is 3.80. The van der Waals surface area contributed by atoms with E-state index in [0.29, 0.717) is 11.1 Å². The van der Waals surface area contributed by atoms with Crippen LogP contribution in [0.25, 0.3) is 11.1 Å². The monoisotopic (exact) mass is 417 g/mol. The van der Waals surface area contributed by atoms with E-state index in [9.17, 15) is 25.1 Å². The minimum atomic E-state index is -1.80. The van der Waals surface area contributed by atoms with Crippen molar-refractivity contribution in [3.63, 3.8) is 0 Å². The molecule has 7 nitrogen and oxygen atoms in total. The van der Waals surface area contributed by atoms with Crippen molar-refractivity contribution in [1.82, 2.24) is 0 Å². The summed E-state index contributed by atoms with van der Waals surface area (Å²) in [4.78, 5) is 22.6. The van der Waals surface area contributed by atoms with Crippen LogP contribution in [-0.4, -0.2) is 21.1 Å². The van der Waals surface area contributed by atoms with Gasteiger partial charge in [0.05, 0.1) is 4.92 Å². The number of nitrogens with zero attached hydrogens (tertiary/aromatic N) is 1. The molecule has 1 heterocycles. The highest BCUT2D eigenvalue weighted by Crippen LogP contribution is 2.46. The molecule has 0 amide bonds. The van der Waals surface area contributed by atoms with E-state index in [-0.39, 0.29) is 11.3 Å². The van der Waals surface area contributed by atoms with E-state index < -0.39 is 28.0 Å². The van der Waals surface area contributed by atoms with Gasteiger partial charge in [0.15, 0.2) is 5.76 Å². The normalized spacial score (nSPS) is 18.2. The predicted octanol–water partition coefficient (Wildman–Crippen LogP) is 5.01. The molecule has 0 aromatic heterocycles. The molecule has 7 heteroatoms. The molecule has 0 fully saturated rings. The molecule has 3 aromatic carbocycles. The number of nitro groups is 1. The van der Waals surface area contributed by atoms with Crippen LogP contribution in [0.15, 0.2) is 78.2 Å². The minimum absolute atomic E-state index is 0.151. The van der Waals surface area contributed by atoms with Crippen molar-refractivity contribution in [3.05, 3.63) is 111 Å². The van der Waals surface area contributed by atoms with Crippen LogP contribution in [0.3, 0.4) is 0 Å². The first-order chi connectivity index (χ1) is 14.7. The van der Waals surface area contributed by atoms with Crippen molar-refractivity contribution in [3.8, 4) is 11.1 Å². The van der Waals surface area contributed by atoms with Crippen LogP contribution in [-0.2, 0) is 15.1 Å². The zero-order chi connectivity index (χ0) is 22.3. The van der Waals surface area contributed by atoms with Crippen LogP contribution in [0, 0.1) is 24.0 Å². The van der Waals surface area contributed by atoms with Crippen LogP contribution in [0.5, 0.6) is 0 Å². The Balaban J connectivity index is 1.88. The summed E-state index contributed by atoms with van der Waals surface area (Å²) >= 11 is 0. The van der Waals surface area contributed by atoms with E-state index in [1.54, 1.807) is 13.0 Å². The lowest BCUT2D eigenvalue weighted by Gasteiger charge is -2.30. The Morgan fingerprint density at radius 1 is 0.903 bits per heavy atom. The number of carbonyl (C=O) groups excluding carboxylic acids is 1. The number of nitro benzene ring substituents is 1. The van der Waals surface area contributed by atoms with Crippen molar-refractivity contribution in [2.24, 2.45) is 0 Å². The summed E-state index contributed by atoms with van der Waals surface area (Å²) in [6.07, 6.45) is 0. The van der Waals surface area contributed by atoms with Crippen molar-refractivity contribution >= 4 is 11.7 Å². The highest BCUT2D eigenvalue weighted by Gasteiger charge is 2.52. The molecule has 1 atom stereocenters. The number of aliphatic hydroxyl groups is 2. The van der Waals surface area contributed by atoms with Crippen molar-refractivity contribution in [2.45, 2.75) is 19.4 Å². The number of cyclic esters (lactones) is 1. The molecule has 2 N–H and O–H groups in total. The molecular formula is C24H19NO6. The van der Waals surface area contributed by atoms with Gasteiger partial charge in [-0.15, -0.1) is 0 Å². The Kier molecular flexibility index (Phi) is 4.74. The maximum atomic E-state index is 12.2. The Morgan fingerprint density at radius 3 is 2.03 bits per heavy atom. The number of carbonyl (C=O) groups is 1. The maximum Gasteiger partial charge on any atom is 0.378 e. The highest BCUT2D eigenvalue weighted by atomic mass is 16.6. The average Bonchev–Trinajstić information content (AvgIpc) is 2.99. The molecule has 0 spiro atoms. The zero-order valence-electron chi connectivity index (χ0n) is 16.8. The van der Waals surface area contributed by atoms with Crippen LogP contribution in [0.2, 0.25) is 0 Å². The van der Waals surface area contributed by atoms with Crippen LogP contribution >= 0.6 is 0 Å². The summed E-state index contributed by atoms with van der Waals surface area (Å²) in [5.41, 5.74) is 2.52. The molecule has 3 aromatic rings. The molecule has 1 aliphatic heterocycles. The largest absolute Gasteiger partial charge is 0.504 e. The topological polar surface area (TPSA) is 110 Å². The summed E-state index contributed by atoms with van der Waals surface area (Å²) in [7, 11) is 0. The Bertz CT molecular complexity index is 1230. The second-order valence-corrected chi connectivity index (χ2v) is 7.47. The quantitative estimate of drug-likeness (QED) is 0.351. The van der Waals surface area contributed by atoms with E-state index in [2.05, 4.69) is 0 Å². The lowest BCUT2D eigenvalue weighted by molar-refractivity contribution is -0.384. The van der Waals surface area contributed by atoms with Gasteiger partial charge in [-0.3, -0.25) is 10.1 Å². The van der Waals surface area contributed by atoms with E-state index in [1.165, 1.54) is 24.3 Å². The fourth-order valence-corrected chi connectivity index (χ4v) is 3.83. The third-order valence-corrected chi connectivity index (χ3v) is 5.47. The fourth-order valence-electron chi connectivity index (χ4n) is 3.83. The minimum Gasteiger partial charge on any atom is -0.504 e. The molecule has 4 rings (SSSR count). The van der Waals surface area contributed by atoms with Gasteiger partial charge in [-0.1, -0.05) is 48.0 Å². The first kappa shape index (κ1) is 20.2. The molecule has 0 aliphatic carbocycles. The highest BCUT2D eigenvalue weighted by molar-refractivity contribution is 5.91. The van der Waals surface area contributed by atoms with Crippen LogP contribution in [0.4, 0.5) is 5.69 Å². The number of ether oxygens (including phenoxy) is 1. The maximum absolute atomic E-state index is 12.2. The molecule has 31 heavy (non-hydrogen) atoms. The molecule has 0 radical (unpaired) electrons. The number of hydrogen-bond donors (Lipinski definition) is 2. The Labute approximate surface area is 178 Å². The summed E-state index contributed by atoms with van der Waals surface area (Å²) in [5, 5.41) is 31.8. The predicted molar refractivity (Wildman–Crippen MR) is 114 cm³/mol. The molecule has 1 unspecified atom stereocenters. The molecule has 1 aliphatic rings. The summed E-state index contributed by atoms with van der Waals surface area (Å²) < 4.78 is 5.51. The molecular weight excluding hydrogens is 398 g/mol. The number of hydrogen-bond acceptors (Lipinski definition) is 6. The SMILES string of the molecule is Cc1ccc(-c2ccc(C3(c4ccc([N+](=O)[O-])cc4)OC(=O)C(O)=C3O)c(C)c2)cc1. The van der Waals surface area contributed by atoms with Gasteiger partial charge >= 0.3 is 5.97 Å².